The van der Waals surface area contributed by atoms with E-state index in [0.717, 1.165) is 0 Å². The Balaban J connectivity index is 1.38. The van der Waals surface area contributed by atoms with Gasteiger partial charge in [-0.25, -0.2) is 19.7 Å². The first-order valence-electron chi connectivity index (χ1n) is 24.7. The minimum Gasteiger partial charge on any atom is -0.461 e. The number of aliphatic hydroxyl groups is 1. The first kappa shape index (κ1) is 54.3. The summed E-state index contributed by atoms with van der Waals surface area (Å²) in [4.78, 5) is 79.2. The maximum absolute atomic E-state index is 15.2. The molecule has 1 unspecified atom stereocenters. The number of esters is 2. The van der Waals surface area contributed by atoms with E-state index in [0.29, 0.717) is 54.9 Å². The number of ketones is 1. The Bertz CT molecular complexity index is 2300. The van der Waals surface area contributed by atoms with Gasteiger partial charge in [-0.1, -0.05) is 39.8 Å². The predicted octanol–water partition coefficient (Wildman–Crippen LogP) is 5.78. The van der Waals surface area contributed by atoms with Crippen LogP contribution in [0.15, 0.2) is 49.8 Å². The van der Waals surface area contributed by atoms with Gasteiger partial charge in [-0.15, -0.1) is 6.58 Å². The topological polar surface area (TPSA) is 219 Å². The van der Waals surface area contributed by atoms with Crippen molar-refractivity contribution in [2.45, 2.75) is 167 Å². The molecule has 0 bridgehead atoms. The van der Waals surface area contributed by atoms with Gasteiger partial charge >= 0.3 is 18.0 Å². The lowest BCUT2D eigenvalue weighted by Gasteiger charge is -2.52. The van der Waals surface area contributed by atoms with E-state index in [2.05, 4.69) is 31.8 Å². The molecule has 0 aliphatic carbocycles. The number of hydrogen-bond donors (Lipinski definition) is 2. The van der Waals surface area contributed by atoms with Gasteiger partial charge in [0, 0.05) is 70.0 Å². The molecule has 1 amide bonds. The van der Waals surface area contributed by atoms with Crippen LogP contribution in [0.25, 0.3) is 11.2 Å². The molecule has 0 spiro atoms. The molecule has 6 rings (SSSR count). The number of aromatic nitrogens is 5. The number of unbranched alkanes of at least 4 members (excludes halogenated alkanes) is 1. The molecular weight excluding hydrogens is 901 g/mol. The minimum atomic E-state index is -1.65. The second kappa shape index (κ2) is 22.6. The lowest BCUT2D eigenvalue weighted by molar-refractivity contribution is -0.358. The van der Waals surface area contributed by atoms with Crippen LogP contribution in [0.2, 0.25) is 0 Å². The van der Waals surface area contributed by atoms with Crippen molar-refractivity contribution in [3.63, 3.8) is 0 Å². The zero-order valence-electron chi connectivity index (χ0n) is 43.1. The number of rotatable bonds is 16. The van der Waals surface area contributed by atoms with Crippen molar-refractivity contribution < 1.29 is 52.7 Å². The van der Waals surface area contributed by atoms with Crippen LogP contribution in [0.1, 0.15) is 100.0 Å². The van der Waals surface area contributed by atoms with Crippen molar-refractivity contribution in [3.8, 4) is 0 Å². The molecule has 19 heteroatoms. The van der Waals surface area contributed by atoms with Crippen LogP contribution in [0.5, 0.6) is 0 Å². The lowest BCUT2D eigenvalue weighted by atomic mass is 9.73. The second-order valence-corrected chi connectivity index (χ2v) is 20.2. The average Bonchev–Trinajstić information content (AvgIpc) is 3.87. The largest absolute Gasteiger partial charge is 0.461 e. The van der Waals surface area contributed by atoms with E-state index >= 15 is 4.79 Å². The molecule has 3 aliphatic rings. The molecule has 19 nitrogen and oxygen atoms in total. The number of aliphatic hydroxyl groups excluding tert-OH is 1. The normalized spacial score (nSPS) is 34.4. The highest BCUT2D eigenvalue weighted by molar-refractivity contribution is 5.85. The fourth-order valence-electron chi connectivity index (χ4n) is 11.3. The summed E-state index contributed by atoms with van der Waals surface area (Å²) in [6.07, 6.45) is 4.50. The summed E-state index contributed by atoms with van der Waals surface area (Å²) in [6, 6.07) is 2.22. The SMILES string of the molecule is C=CCN(C)[C@H]1C[C@@H](C)O[C@@](C)(O[C@@H]2[C@@H](C)C(OC(=O)Cc3cccnc3)[C@@H](C)C(=O)O[C@H](CC)[C@@]3(C)OC(=O)N(CCCCn4cnc5c(NC)ncnc54)[C@@H]3[C@@H](C)C(=O)[C@H](C)C[C@@]2(C)OC)[C@@H]1O. The third-order valence-corrected chi connectivity index (χ3v) is 15.1. The number of hydrogen-bond acceptors (Lipinski definition) is 17. The number of fused-ring (bicyclic) bond motifs is 2. The van der Waals surface area contributed by atoms with Crippen molar-refractivity contribution in [1.29, 1.82) is 0 Å². The molecular formula is C51H76N8O11. The highest BCUT2D eigenvalue weighted by Gasteiger charge is 2.61. The van der Waals surface area contributed by atoms with Crippen LogP contribution < -0.4 is 5.32 Å². The fourth-order valence-corrected chi connectivity index (χ4v) is 11.3. The number of pyridine rings is 1. The molecule has 3 saturated heterocycles. The van der Waals surface area contributed by atoms with Crippen molar-refractivity contribution >= 4 is 40.8 Å². The average molecular weight is 977 g/mol. The van der Waals surface area contributed by atoms with Crippen LogP contribution in [-0.4, -0.2) is 157 Å². The first-order chi connectivity index (χ1) is 33.2. The summed E-state index contributed by atoms with van der Waals surface area (Å²) in [5, 5.41) is 15.2. The minimum absolute atomic E-state index is 0.0888. The number of ether oxygens (including phenoxy) is 6. The van der Waals surface area contributed by atoms with Gasteiger partial charge in [0.25, 0.3) is 0 Å². The predicted molar refractivity (Wildman–Crippen MR) is 260 cm³/mol. The maximum Gasteiger partial charge on any atom is 0.410 e. The quantitative estimate of drug-likeness (QED) is 0.0752. The number of imidazole rings is 1. The van der Waals surface area contributed by atoms with Crippen LogP contribution >= 0.6 is 0 Å². The molecule has 70 heavy (non-hydrogen) atoms. The maximum atomic E-state index is 15.2. The zero-order chi connectivity index (χ0) is 51.3. The third kappa shape index (κ3) is 11.2. The smallest absolute Gasteiger partial charge is 0.410 e. The van der Waals surface area contributed by atoms with Crippen LogP contribution in [0, 0.1) is 23.7 Å². The van der Waals surface area contributed by atoms with E-state index in [9.17, 15) is 19.5 Å². The Morgan fingerprint density at radius 1 is 1.07 bits per heavy atom. The number of amides is 1. The molecule has 2 N–H and O–H groups in total. The molecule has 3 fully saturated rings. The van der Waals surface area contributed by atoms with E-state index < -0.39 is 95.2 Å². The third-order valence-electron chi connectivity index (χ3n) is 15.1. The van der Waals surface area contributed by atoms with Gasteiger partial charge in [0.2, 0.25) is 0 Å². The summed E-state index contributed by atoms with van der Waals surface area (Å²) >= 11 is 0. The number of carbonyl (C=O) groups excluding carboxylic acids is 4. The van der Waals surface area contributed by atoms with Crippen LogP contribution in [-0.2, 0) is 55.8 Å². The summed E-state index contributed by atoms with van der Waals surface area (Å²) in [5.41, 5.74) is -0.887. The Hall–Kier alpha value is -5.08. The lowest BCUT2D eigenvalue weighted by Crippen LogP contribution is -2.65. The molecule has 386 valence electrons. The Morgan fingerprint density at radius 3 is 2.46 bits per heavy atom. The number of carbonyl (C=O) groups is 4. The molecule has 3 aliphatic heterocycles. The summed E-state index contributed by atoms with van der Waals surface area (Å²) in [5.74, 6) is -6.04. The van der Waals surface area contributed by atoms with E-state index in [1.54, 1.807) is 83.5 Å². The van der Waals surface area contributed by atoms with Gasteiger partial charge in [0.05, 0.1) is 42.5 Å². The van der Waals surface area contributed by atoms with Gasteiger partial charge in [0.1, 0.15) is 35.9 Å². The monoisotopic (exact) mass is 977 g/mol. The summed E-state index contributed by atoms with van der Waals surface area (Å²) < 4.78 is 41.2. The van der Waals surface area contributed by atoms with Crippen LogP contribution in [0.4, 0.5) is 10.6 Å². The number of Topliss-reactive ketones (excluding diaryl/α,β-unsaturated/α-hetero) is 1. The first-order valence-corrected chi connectivity index (χ1v) is 24.7. The number of aryl methyl sites for hydroxylation is 1. The number of nitrogens with one attached hydrogen (secondary N) is 1. The summed E-state index contributed by atoms with van der Waals surface area (Å²) in [6.45, 7) is 21.2. The van der Waals surface area contributed by atoms with Crippen molar-refractivity contribution in [3.05, 3.63) is 55.4 Å². The van der Waals surface area contributed by atoms with Gasteiger partial charge in [-0.3, -0.25) is 24.3 Å². The molecule has 14 atom stereocenters. The molecule has 0 radical (unpaired) electrons. The van der Waals surface area contributed by atoms with Crippen molar-refractivity contribution in [2.75, 3.05) is 39.6 Å². The Morgan fingerprint density at radius 2 is 1.80 bits per heavy atom. The number of cyclic esters (lactones) is 1. The van der Waals surface area contributed by atoms with Gasteiger partial charge in [0.15, 0.2) is 22.9 Å². The zero-order valence-corrected chi connectivity index (χ0v) is 43.1. The Kier molecular flexibility index (Phi) is 17.5. The number of nitrogens with zero attached hydrogens (tertiary/aromatic N) is 7. The van der Waals surface area contributed by atoms with Crippen molar-refractivity contribution in [2.24, 2.45) is 23.7 Å². The van der Waals surface area contributed by atoms with E-state index in [1.807, 2.05) is 44.2 Å². The summed E-state index contributed by atoms with van der Waals surface area (Å²) in [7, 11) is 5.19. The number of methoxy groups -OCH3 is 1. The standard InChI is InChI=1S/C51H76N8O11/c1-14-21-57(12)36-24-31(4)68-51(10,43(36)62)69-44-33(6)41(67-38(60)25-35-19-18-20-53-27-35)34(7)47(63)66-37(15-2)50(9)42(32(5)40(61)30(3)26-49(44,8)65-13)59(48(64)70-50)23-17-16-22-58-29-56-39-45(52-11)54-28-55-46(39)58/h14,18-20,27-34,36-37,41-44,62H,1,15-17,21-26H2,2-13H3,(H,52,54,55)/t30-,31-,32+,33+,34-,36+,37-,41?,42-,43-,44-,49-,50-,51+/m1/s1. The van der Waals surface area contributed by atoms with Crippen LogP contribution in [0.3, 0.4) is 0 Å². The van der Waals surface area contributed by atoms with Crippen molar-refractivity contribution in [1.82, 2.24) is 34.3 Å². The molecule has 6 heterocycles. The molecule has 0 saturated carbocycles. The van der Waals surface area contributed by atoms with Gasteiger partial charge < -0.3 is 48.3 Å². The highest BCUT2D eigenvalue weighted by Crippen LogP contribution is 2.45. The van der Waals surface area contributed by atoms with Gasteiger partial charge in [-0.05, 0) is 85.4 Å². The molecule has 3 aromatic heterocycles. The van der Waals surface area contributed by atoms with Gasteiger partial charge in [-0.2, -0.15) is 0 Å². The Labute approximate surface area is 412 Å². The fraction of sp³-hybridized carbons (Fsp3) is 0.686. The molecule has 0 aromatic carbocycles. The molecule has 3 aromatic rings. The highest BCUT2D eigenvalue weighted by atomic mass is 16.7. The van der Waals surface area contributed by atoms with E-state index in [4.69, 9.17) is 28.4 Å². The van der Waals surface area contributed by atoms with E-state index in [-0.39, 0.29) is 37.7 Å². The number of likely N-dealkylation sites (N-methyl/N-ethyl adjacent to an activating group) is 1. The van der Waals surface area contributed by atoms with E-state index in [1.165, 1.54) is 13.4 Å². The number of anilines is 1. The second-order valence-electron chi connectivity index (χ2n) is 20.2.